The van der Waals surface area contributed by atoms with Crippen molar-refractivity contribution >= 4 is 6.41 Å². The van der Waals surface area contributed by atoms with E-state index in [1.807, 2.05) is 0 Å². The lowest BCUT2D eigenvalue weighted by atomic mass is 10.1. The Morgan fingerprint density at radius 1 is 1.00 bits per heavy atom. The normalized spacial score (nSPS) is 19.4. The molecule has 0 unspecified atom stereocenters. The molecule has 1 aliphatic rings. The van der Waals surface area contributed by atoms with Crippen molar-refractivity contribution in [3.8, 4) is 0 Å². The largest absolute Gasteiger partial charge is 0.355 e. The van der Waals surface area contributed by atoms with E-state index in [9.17, 15) is 4.79 Å². The average molecular weight is 282 g/mol. The molecule has 3 nitrogen and oxygen atoms in total. The highest BCUT2D eigenvalue weighted by atomic mass is 16.1. The van der Waals surface area contributed by atoms with Crippen LogP contribution in [0.2, 0.25) is 0 Å². The number of rotatable bonds is 13. The summed E-state index contributed by atoms with van der Waals surface area (Å²) < 4.78 is 0. The van der Waals surface area contributed by atoms with Crippen LogP contribution in [0.25, 0.3) is 0 Å². The Labute approximate surface area is 125 Å². The molecule has 1 fully saturated rings. The Morgan fingerprint density at radius 2 is 1.60 bits per heavy atom. The zero-order valence-corrected chi connectivity index (χ0v) is 13.4. The smallest absolute Gasteiger partial charge is 0.207 e. The zero-order valence-electron chi connectivity index (χ0n) is 13.4. The van der Waals surface area contributed by atoms with Crippen molar-refractivity contribution in [2.45, 2.75) is 83.6 Å². The molecule has 0 spiro atoms. The first kappa shape index (κ1) is 17.5. The molecule has 1 amide bonds. The maximum atomic E-state index is 10.4. The van der Waals surface area contributed by atoms with E-state index in [1.165, 1.54) is 70.8 Å². The molecular weight excluding hydrogens is 248 g/mol. The van der Waals surface area contributed by atoms with Crippen molar-refractivity contribution in [2.24, 2.45) is 0 Å². The van der Waals surface area contributed by atoms with Crippen LogP contribution in [-0.4, -0.2) is 37.0 Å². The van der Waals surface area contributed by atoms with Crippen LogP contribution in [0.1, 0.15) is 77.6 Å². The van der Waals surface area contributed by atoms with Crippen molar-refractivity contribution in [2.75, 3.05) is 19.6 Å². The van der Waals surface area contributed by atoms with Crippen molar-refractivity contribution in [3.63, 3.8) is 0 Å². The third-order valence-electron chi connectivity index (χ3n) is 4.40. The molecule has 1 rings (SSSR count). The highest BCUT2D eigenvalue weighted by Gasteiger charge is 2.20. The molecule has 0 aromatic heterocycles. The second-order valence-corrected chi connectivity index (χ2v) is 6.25. The van der Waals surface area contributed by atoms with Crippen LogP contribution in [0.3, 0.4) is 0 Å². The number of nitrogens with one attached hydrogen (secondary N) is 1. The third-order valence-corrected chi connectivity index (χ3v) is 4.40. The van der Waals surface area contributed by atoms with Gasteiger partial charge in [-0.3, -0.25) is 4.79 Å². The van der Waals surface area contributed by atoms with E-state index in [2.05, 4.69) is 17.1 Å². The molecule has 1 N–H and O–H groups in total. The molecule has 0 aromatic carbocycles. The van der Waals surface area contributed by atoms with Crippen LogP contribution >= 0.6 is 0 Å². The fraction of sp³-hybridized carbons (Fsp3) is 0.941. The highest BCUT2D eigenvalue weighted by molar-refractivity contribution is 5.46. The fourth-order valence-electron chi connectivity index (χ4n) is 3.09. The Balaban J connectivity index is 1.80. The molecular formula is C17H34N2O. The van der Waals surface area contributed by atoms with Gasteiger partial charge in [0, 0.05) is 19.1 Å². The minimum Gasteiger partial charge on any atom is -0.355 e. The first-order valence-corrected chi connectivity index (χ1v) is 8.79. The molecule has 3 heteroatoms. The zero-order chi connectivity index (χ0) is 14.5. The lowest BCUT2D eigenvalue weighted by Gasteiger charge is -2.15. The fourth-order valence-corrected chi connectivity index (χ4v) is 3.09. The van der Waals surface area contributed by atoms with E-state index in [0.717, 1.165) is 25.9 Å². The number of unbranched alkanes of at least 4 members (excludes halogenated alkanes) is 9. The summed E-state index contributed by atoms with van der Waals surface area (Å²) in [5.74, 6) is 0. The van der Waals surface area contributed by atoms with Gasteiger partial charge >= 0.3 is 0 Å². The summed E-state index contributed by atoms with van der Waals surface area (Å²) in [6.45, 7) is 5.70. The number of carbonyl (C=O) groups is 1. The third kappa shape index (κ3) is 8.57. The Bertz CT molecular complexity index is 233. The van der Waals surface area contributed by atoms with Gasteiger partial charge in [0.15, 0.2) is 0 Å². The highest BCUT2D eigenvalue weighted by Crippen LogP contribution is 2.13. The number of hydrogen-bond donors (Lipinski definition) is 1. The lowest BCUT2D eigenvalue weighted by Crippen LogP contribution is -2.31. The van der Waals surface area contributed by atoms with Crippen LogP contribution in [0.15, 0.2) is 0 Å². The summed E-state index contributed by atoms with van der Waals surface area (Å²) in [6.07, 6.45) is 16.0. The van der Waals surface area contributed by atoms with Gasteiger partial charge in [-0.05, 0) is 19.4 Å². The Morgan fingerprint density at radius 3 is 2.20 bits per heavy atom. The first-order valence-electron chi connectivity index (χ1n) is 8.79. The van der Waals surface area contributed by atoms with Crippen LogP contribution < -0.4 is 5.32 Å². The predicted molar refractivity (Wildman–Crippen MR) is 85.9 cm³/mol. The number of amides is 1. The molecule has 20 heavy (non-hydrogen) atoms. The van der Waals surface area contributed by atoms with Crippen molar-refractivity contribution < 1.29 is 4.79 Å². The summed E-state index contributed by atoms with van der Waals surface area (Å²) in [4.78, 5) is 12.9. The van der Waals surface area contributed by atoms with Gasteiger partial charge in [-0.2, -0.15) is 0 Å². The van der Waals surface area contributed by atoms with Gasteiger partial charge < -0.3 is 10.2 Å². The van der Waals surface area contributed by atoms with E-state index in [-0.39, 0.29) is 0 Å². The Hall–Kier alpha value is -0.570. The average Bonchev–Trinajstić information content (AvgIpc) is 2.89. The van der Waals surface area contributed by atoms with Gasteiger partial charge in [-0.1, -0.05) is 64.7 Å². The number of carbonyl (C=O) groups excluding carboxylic acids is 1. The summed E-state index contributed by atoms with van der Waals surface area (Å²) in [5.41, 5.74) is 0. The summed E-state index contributed by atoms with van der Waals surface area (Å²) in [6, 6.07) is 0.399. The lowest BCUT2D eigenvalue weighted by molar-refractivity contribution is -0.110. The molecule has 0 aliphatic carbocycles. The summed E-state index contributed by atoms with van der Waals surface area (Å²) in [7, 11) is 0. The van der Waals surface area contributed by atoms with Crippen LogP contribution in [0, 0.1) is 0 Å². The number of likely N-dealkylation sites (tertiary alicyclic amines) is 1. The van der Waals surface area contributed by atoms with Crippen LogP contribution in [-0.2, 0) is 4.79 Å². The molecule has 0 bridgehead atoms. The van der Waals surface area contributed by atoms with Crippen molar-refractivity contribution in [1.82, 2.24) is 10.2 Å². The SMILES string of the molecule is CCCCCCCCCCCCN1CC[C@H](NC=O)C1. The van der Waals surface area contributed by atoms with E-state index in [1.54, 1.807) is 0 Å². The standard InChI is InChI=1S/C17H34N2O/c1-2-3-4-5-6-7-8-9-10-11-13-19-14-12-17(15-19)18-16-20/h16-17H,2-15H2,1H3,(H,18,20)/t17-/m0/s1. The molecule has 1 atom stereocenters. The maximum Gasteiger partial charge on any atom is 0.207 e. The first-order chi connectivity index (χ1) is 9.86. The van der Waals surface area contributed by atoms with Gasteiger partial charge in [0.2, 0.25) is 6.41 Å². The molecule has 0 radical (unpaired) electrons. The van der Waals surface area contributed by atoms with Gasteiger partial charge in [-0.25, -0.2) is 0 Å². The molecule has 0 aromatic rings. The molecule has 118 valence electrons. The molecule has 0 saturated carbocycles. The van der Waals surface area contributed by atoms with E-state index in [0.29, 0.717) is 6.04 Å². The van der Waals surface area contributed by atoms with Crippen LogP contribution in [0.5, 0.6) is 0 Å². The second kappa shape index (κ2) is 12.2. The van der Waals surface area contributed by atoms with Gasteiger partial charge in [-0.15, -0.1) is 0 Å². The molecule has 1 aliphatic heterocycles. The monoisotopic (exact) mass is 282 g/mol. The number of nitrogens with zero attached hydrogens (tertiary/aromatic N) is 1. The topological polar surface area (TPSA) is 32.3 Å². The quantitative estimate of drug-likeness (QED) is 0.412. The van der Waals surface area contributed by atoms with Crippen molar-refractivity contribution in [3.05, 3.63) is 0 Å². The minimum atomic E-state index is 0.399. The molecule has 1 saturated heterocycles. The van der Waals surface area contributed by atoms with E-state index < -0.39 is 0 Å². The summed E-state index contributed by atoms with van der Waals surface area (Å²) >= 11 is 0. The predicted octanol–water partition coefficient (Wildman–Crippen LogP) is 3.73. The number of hydrogen-bond acceptors (Lipinski definition) is 2. The van der Waals surface area contributed by atoms with Gasteiger partial charge in [0.1, 0.15) is 0 Å². The van der Waals surface area contributed by atoms with E-state index in [4.69, 9.17) is 0 Å². The maximum absolute atomic E-state index is 10.4. The minimum absolute atomic E-state index is 0.399. The molecule has 1 heterocycles. The second-order valence-electron chi connectivity index (χ2n) is 6.25. The van der Waals surface area contributed by atoms with E-state index >= 15 is 0 Å². The van der Waals surface area contributed by atoms with Crippen LogP contribution in [0.4, 0.5) is 0 Å². The van der Waals surface area contributed by atoms with Crippen molar-refractivity contribution in [1.29, 1.82) is 0 Å². The van der Waals surface area contributed by atoms with Gasteiger partial charge in [0.25, 0.3) is 0 Å². The summed E-state index contributed by atoms with van der Waals surface area (Å²) in [5, 5.41) is 2.89. The van der Waals surface area contributed by atoms with Gasteiger partial charge in [0.05, 0.1) is 0 Å². The Kier molecular flexibility index (Phi) is 10.7.